The van der Waals surface area contributed by atoms with Gasteiger partial charge in [-0.2, -0.15) is 0 Å². The van der Waals surface area contributed by atoms with Gasteiger partial charge in [0.1, 0.15) is 5.82 Å². The molecule has 2 aromatic carbocycles. The van der Waals surface area contributed by atoms with Gasteiger partial charge in [-0.1, -0.05) is 19.1 Å². The molecule has 3 nitrogen and oxygen atoms in total. The van der Waals surface area contributed by atoms with E-state index in [0.29, 0.717) is 5.56 Å². The summed E-state index contributed by atoms with van der Waals surface area (Å²) in [7, 11) is 0. The lowest BCUT2D eigenvalue weighted by atomic mass is 10.1. The minimum absolute atomic E-state index is 0.213. The van der Waals surface area contributed by atoms with Crippen molar-refractivity contribution < 1.29 is 4.39 Å². The number of nitrogens with one attached hydrogen (secondary N) is 1. The molecule has 0 atom stereocenters. The van der Waals surface area contributed by atoms with Gasteiger partial charge >= 0.3 is 0 Å². The van der Waals surface area contributed by atoms with Crippen LogP contribution in [0.15, 0.2) is 33.9 Å². The first-order valence-electron chi connectivity index (χ1n) is 5.43. The maximum absolute atomic E-state index is 13.4. The average molecular weight is 233 g/mol. The number of anilines is 1. The second kappa shape index (κ2) is 4.49. The van der Waals surface area contributed by atoms with E-state index in [2.05, 4.69) is 5.32 Å². The molecule has 0 saturated carbocycles. The van der Waals surface area contributed by atoms with E-state index in [4.69, 9.17) is 0 Å². The van der Waals surface area contributed by atoms with Crippen molar-refractivity contribution in [3.8, 4) is 0 Å². The highest BCUT2D eigenvalue weighted by molar-refractivity contribution is 5.47. The number of halogens is 1. The standard InChI is InChI=1S/C13H12FNO2/c1-2-8-3-4-10(14)9(5-8)7-15-11-6-12(16)13(11)17/h3-6,15H,2,7H2,1H3. The normalized spacial score (nSPS) is 10.7. The largest absolute Gasteiger partial charge is 0.377 e. The summed E-state index contributed by atoms with van der Waals surface area (Å²) >= 11 is 0. The van der Waals surface area contributed by atoms with Gasteiger partial charge in [0, 0.05) is 18.2 Å². The maximum Gasteiger partial charge on any atom is 0.248 e. The first-order chi connectivity index (χ1) is 8.11. The van der Waals surface area contributed by atoms with Crippen molar-refractivity contribution in [3.63, 3.8) is 0 Å². The van der Waals surface area contributed by atoms with Gasteiger partial charge in [-0.05, 0) is 18.1 Å². The zero-order valence-electron chi connectivity index (χ0n) is 9.42. The highest BCUT2D eigenvalue weighted by Crippen LogP contribution is 2.12. The molecule has 2 rings (SSSR count). The molecule has 0 radical (unpaired) electrons. The summed E-state index contributed by atoms with van der Waals surface area (Å²) in [6.45, 7) is 2.20. The fourth-order valence-corrected chi connectivity index (χ4v) is 1.62. The van der Waals surface area contributed by atoms with Gasteiger partial charge in [0.15, 0.2) is 0 Å². The van der Waals surface area contributed by atoms with Gasteiger partial charge in [0.05, 0.1) is 5.69 Å². The summed E-state index contributed by atoms with van der Waals surface area (Å²) in [4.78, 5) is 21.7. The summed E-state index contributed by atoms with van der Waals surface area (Å²) < 4.78 is 13.4. The number of benzene rings is 1. The molecule has 0 saturated heterocycles. The third kappa shape index (κ3) is 2.25. The average Bonchev–Trinajstić information content (AvgIpc) is 2.35. The number of rotatable bonds is 4. The molecule has 0 aliphatic rings. The first kappa shape index (κ1) is 11.5. The van der Waals surface area contributed by atoms with Crippen LogP contribution < -0.4 is 16.2 Å². The van der Waals surface area contributed by atoms with Crippen LogP contribution in [0.5, 0.6) is 0 Å². The Labute approximate surface area is 97.6 Å². The molecular weight excluding hydrogens is 221 g/mol. The predicted octanol–water partition coefficient (Wildman–Crippen LogP) is 1.60. The summed E-state index contributed by atoms with van der Waals surface area (Å²) in [5.74, 6) is -0.312. The fourth-order valence-electron chi connectivity index (χ4n) is 1.62. The van der Waals surface area contributed by atoms with E-state index in [1.807, 2.05) is 6.92 Å². The molecular formula is C13H12FNO2. The number of aryl methyl sites for hydroxylation is 1. The Morgan fingerprint density at radius 3 is 2.59 bits per heavy atom. The third-order valence-electron chi connectivity index (χ3n) is 2.73. The van der Waals surface area contributed by atoms with Crippen LogP contribution in [0, 0.1) is 5.82 Å². The van der Waals surface area contributed by atoms with Gasteiger partial charge in [0.25, 0.3) is 0 Å². The van der Waals surface area contributed by atoms with Gasteiger partial charge in [0.2, 0.25) is 10.9 Å². The fraction of sp³-hybridized carbons (Fsp3) is 0.231. The second-order valence-corrected chi connectivity index (χ2v) is 3.88. The Hall–Kier alpha value is -1.97. The van der Waals surface area contributed by atoms with Crippen LogP contribution in [-0.2, 0) is 13.0 Å². The van der Waals surface area contributed by atoms with Crippen LogP contribution in [-0.4, -0.2) is 0 Å². The topological polar surface area (TPSA) is 46.2 Å². The molecule has 0 amide bonds. The van der Waals surface area contributed by atoms with Crippen molar-refractivity contribution in [2.45, 2.75) is 19.9 Å². The quantitative estimate of drug-likeness (QED) is 0.816. The van der Waals surface area contributed by atoms with Crippen LogP contribution >= 0.6 is 0 Å². The lowest BCUT2D eigenvalue weighted by Crippen LogP contribution is -2.32. The molecule has 0 aromatic heterocycles. The molecule has 1 N–H and O–H groups in total. The molecule has 88 valence electrons. The minimum atomic E-state index is -0.531. The summed E-state index contributed by atoms with van der Waals surface area (Å²) in [5.41, 5.74) is 0.759. The summed E-state index contributed by atoms with van der Waals surface area (Å²) in [6, 6.07) is 6.13. The molecule has 0 aliphatic heterocycles. The number of hydrogen-bond acceptors (Lipinski definition) is 3. The predicted molar refractivity (Wildman–Crippen MR) is 64.5 cm³/mol. The lowest BCUT2D eigenvalue weighted by molar-refractivity contribution is 0.612. The Balaban J connectivity index is 2.12. The Bertz CT molecular complexity index is 612. The SMILES string of the molecule is CCc1ccc(F)c(CNc2cc(=O)c2=O)c1. The molecule has 0 bridgehead atoms. The first-order valence-corrected chi connectivity index (χ1v) is 5.43. The zero-order valence-corrected chi connectivity index (χ0v) is 9.42. The monoisotopic (exact) mass is 233 g/mol. The van der Waals surface area contributed by atoms with Crippen molar-refractivity contribution in [2.24, 2.45) is 0 Å². The highest BCUT2D eigenvalue weighted by Gasteiger charge is 2.09. The van der Waals surface area contributed by atoms with Crippen molar-refractivity contribution >= 4 is 5.69 Å². The Kier molecular flexibility index (Phi) is 3.04. The minimum Gasteiger partial charge on any atom is -0.377 e. The van der Waals surface area contributed by atoms with E-state index in [9.17, 15) is 14.0 Å². The zero-order chi connectivity index (χ0) is 12.4. The van der Waals surface area contributed by atoms with Crippen molar-refractivity contribution in [2.75, 3.05) is 5.32 Å². The van der Waals surface area contributed by atoms with Crippen LogP contribution in [0.3, 0.4) is 0 Å². The van der Waals surface area contributed by atoms with Crippen LogP contribution in [0.1, 0.15) is 18.1 Å². The molecule has 0 aliphatic carbocycles. The smallest absolute Gasteiger partial charge is 0.248 e. The van der Waals surface area contributed by atoms with E-state index in [1.165, 1.54) is 12.1 Å². The van der Waals surface area contributed by atoms with E-state index >= 15 is 0 Å². The lowest BCUT2D eigenvalue weighted by Gasteiger charge is -2.08. The van der Waals surface area contributed by atoms with E-state index in [0.717, 1.165) is 12.0 Å². The van der Waals surface area contributed by atoms with E-state index < -0.39 is 10.9 Å². The highest BCUT2D eigenvalue weighted by atomic mass is 19.1. The maximum atomic E-state index is 13.4. The van der Waals surface area contributed by atoms with Crippen molar-refractivity contribution in [3.05, 3.63) is 61.7 Å². The number of hydrogen-bond donors (Lipinski definition) is 1. The van der Waals surface area contributed by atoms with E-state index in [-0.39, 0.29) is 18.0 Å². The van der Waals surface area contributed by atoms with Crippen molar-refractivity contribution in [1.29, 1.82) is 0 Å². The molecule has 0 unspecified atom stereocenters. The van der Waals surface area contributed by atoms with E-state index in [1.54, 1.807) is 12.1 Å². The van der Waals surface area contributed by atoms with Crippen LogP contribution in [0.4, 0.5) is 10.1 Å². The van der Waals surface area contributed by atoms with Crippen LogP contribution in [0.2, 0.25) is 0 Å². The Morgan fingerprint density at radius 1 is 1.24 bits per heavy atom. The van der Waals surface area contributed by atoms with Gasteiger partial charge < -0.3 is 5.32 Å². The van der Waals surface area contributed by atoms with Gasteiger partial charge in [-0.15, -0.1) is 0 Å². The van der Waals surface area contributed by atoms with Gasteiger partial charge in [-0.25, -0.2) is 4.39 Å². The molecule has 0 fully saturated rings. The van der Waals surface area contributed by atoms with Crippen LogP contribution in [0.25, 0.3) is 0 Å². The van der Waals surface area contributed by atoms with Gasteiger partial charge in [-0.3, -0.25) is 9.59 Å². The molecule has 0 heterocycles. The summed E-state index contributed by atoms with van der Waals surface area (Å²) in [6.07, 6.45) is 0.827. The Morgan fingerprint density at radius 2 is 2.00 bits per heavy atom. The molecule has 2 aromatic rings. The third-order valence-corrected chi connectivity index (χ3v) is 2.73. The molecule has 17 heavy (non-hydrogen) atoms. The second-order valence-electron chi connectivity index (χ2n) is 3.88. The molecule has 4 heteroatoms. The van der Waals surface area contributed by atoms with Crippen molar-refractivity contribution in [1.82, 2.24) is 0 Å². The summed E-state index contributed by atoms with van der Waals surface area (Å²) in [5, 5.41) is 2.76. The molecule has 0 spiro atoms.